The Balaban J connectivity index is 1.26. The van der Waals surface area contributed by atoms with Crippen molar-refractivity contribution in [3.8, 4) is 10.8 Å². The van der Waals surface area contributed by atoms with Crippen molar-refractivity contribution in [2.24, 2.45) is 0 Å². The third-order valence-electron chi connectivity index (χ3n) is 4.91. The second-order valence-corrected chi connectivity index (χ2v) is 8.03. The largest absolute Gasteiger partial charge is 0.443 e. The van der Waals surface area contributed by atoms with Crippen molar-refractivity contribution in [1.82, 2.24) is 20.6 Å². The highest BCUT2D eigenvalue weighted by Crippen LogP contribution is 2.23. The molecule has 1 fully saturated rings. The molecule has 3 aromatic rings. The molecule has 1 saturated heterocycles. The highest BCUT2D eigenvalue weighted by molar-refractivity contribution is 7.13. The fourth-order valence-corrected chi connectivity index (χ4v) is 4.02. The molecule has 0 aliphatic carbocycles. The minimum atomic E-state index is -0.237. The minimum Gasteiger partial charge on any atom is -0.443 e. The molecule has 152 valence electrons. The van der Waals surface area contributed by atoms with Gasteiger partial charge in [-0.25, -0.2) is 14.8 Å². The van der Waals surface area contributed by atoms with E-state index in [1.54, 1.807) is 17.6 Å². The third-order valence-corrected chi connectivity index (χ3v) is 5.76. The monoisotopic (exact) mass is 411 g/mol. The fraction of sp³-hybridized carbons (Fsp3) is 0.381. The molecule has 29 heavy (non-hydrogen) atoms. The van der Waals surface area contributed by atoms with Crippen molar-refractivity contribution < 1.29 is 9.21 Å². The van der Waals surface area contributed by atoms with Gasteiger partial charge < -0.3 is 20.0 Å². The number of thiophene rings is 1. The second kappa shape index (κ2) is 9.56. The Morgan fingerprint density at radius 1 is 1.14 bits per heavy atom. The highest BCUT2D eigenvalue weighted by atomic mass is 32.1. The van der Waals surface area contributed by atoms with E-state index in [0.717, 1.165) is 29.3 Å². The number of nitrogens with zero attached hydrogens (tertiary/aromatic N) is 3. The topological polar surface area (TPSA) is 83.3 Å². The number of nitrogens with one attached hydrogen (secondary N) is 2. The van der Waals surface area contributed by atoms with Crippen molar-refractivity contribution in [2.45, 2.75) is 38.8 Å². The molecular weight excluding hydrogens is 386 g/mol. The smallest absolute Gasteiger partial charge is 0.315 e. The number of anilines is 1. The maximum Gasteiger partial charge on any atom is 0.315 e. The lowest BCUT2D eigenvalue weighted by Gasteiger charge is -2.21. The van der Waals surface area contributed by atoms with Crippen LogP contribution in [0.4, 0.5) is 10.6 Å². The van der Waals surface area contributed by atoms with Gasteiger partial charge in [0, 0.05) is 25.8 Å². The molecule has 0 aromatic carbocycles. The first-order chi connectivity index (χ1) is 14.3. The Bertz CT molecular complexity index is 917. The molecule has 4 heterocycles. The molecule has 1 aliphatic rings. The molecule has 0 spiro atoms. The van der Waals surface area contributed by atoms with Crippen LogP contribution in [0.1, 0.15) is 36.9 Å². The number of aromatic nitrogens is 2. The average molecular weight is 412 g/mol. The van der Waals surface area contributed by atoms with Crippen LogP contribution < -0.4 is 15.5 Å². The molecule has 0 saturated carbocycles. The van der Waals surface area contributed by atoms with Crippen LogP contribution in [-0.4, -0.2) is 29.1 Å². The zero-order valence-electron chi connectivity index (χ0n) is 16.3. The van der Waals surface area contributed by atoms with Crippen LogP contribution in [0.2, 0.25) is 0 Å². The predicted molar refractivity (Wildman–Crippen MR) is 114 cm³/mol. The first-order valence-corrected chi connectivity index (χ1v) is 10.9. The van der Waals surface area contributed by atoms with E-state index >= 15 is 0 Å². The molecule has 2 amide bonds. The van der Waals surface area contributed by atoms with Gasteiger partial charge in [0.15, 0.2) is 0 Å². The quantitative estimate of drug-likeness (QED) is 0.636. The summed E-state index contributed by atoms with van der Waals surface area (Å²) in [5, 5.41) is 7.69. The Morgan fingerprint density at radius 2 is 1.97 bits per heavy atom. The summed E-state index contributed by atoms with van der Waals surface area (Å²) in [4.78, 5) is 24.4. The molecule has 1 aliphatic heterocycles. The molecule has 0 radical (unpaired) electrons. The maximum atomic E-state index is 12.2. The van der Waals surface area contributed by atoms with E-state index in [2.05, 4.69) is 31.6 Å². The number of carbonyl (C=O) groups is 1. The van der Waals surface area contributed by atoms with Crippen LogP contribution in [0.15, 0.2) is 46.5 Å². The lowest BCUT2D eigenvalue weighted by Crippen LogP contribution is -2.34. The van der Waals surface area contributed by atoms with Gasteiger partial charge in [-0.2, -0.15) is 0 Å². The summed E-state index contributed by atoms with van der Waals surface area (Å²) in [6, 6.07) is 7.67. The van der Waals surface area contributed by atoms with Crippen LogP contribution in [-0.2, 0) is 13.1 Å². The Kier molecular flexibility index (Phi) is 6.41. The van der Waals surface area contributed by atoms with E-state index in [4.69, 9.17) is 4.42 Å². The lowest BCUT2D eigenvalue weighted by molar-refractivity contribution is 0.240. The van der Waals surface area contributed by atoms with E-state index in [-0.39, 0.29) is 6.03 Å². The van der Waals surface area contributed by atoms with Crippen LogP contribution in [0, 0.1) is 0 Å². The van der Waals surface area contributed by atoms with Crippen molar-refractivity contribution in [1.29, 1.82) is 0 Å². The molecule has 4 rings (SSSR count). The Morgan fingerprint density at radius 3 is 2.76 bits per heavy atom. The first kappa shape index (κ1) is 19.4. The van der Waals surface area contributed by atoms with Crippen molar-refractivity contribution in [2.75, 3.05) is 18.0 Å². The molecule has 8 heteroatoms. The fourth-order valence-electron chi connectivity index (χ4n) is 3.36. The molecule has 0 atom stereocenters. The van der Waals surface area contributed by atoms with E-state index in [1.807, 2.05) is 29.8 Å². The summed E-state index contributed by atoms with van der Waals surface area (Å²) >= 11 is 1.57. The van der Waals surface area contributed by atoms with Crippen molar-refractivity contribution in [3.05, 3.63) is 53.4 Å². The summed E-state index contributed by atoms with van der Waals surface area (Å²) in [7, 11) is 0. The third kappa shape index (κ3) is 5.35. The average Bonchev–Trinajstić information content (AvgIpc) is 3.37. The standard InChI is InChI=1S/C21H25N5O2S/c27-21(24-14-17-15-28-20(25-17)18-6-5-11-29-18)23-13-16-7-8-22-19(12-16)26-9-3-1-2-4-10-26/h5-8,11-12,15H,1-4,9-10,13-14H2,(H2,23,24,27). The van der Waals surface area contributed by atoms with Crippen LogP contribution in [0.25, 0.3) is 10.8 Å². The second-order valence-electron chi connectivity index (χ2n) is 7.08. The molecule has 0 unspecified atom stereocenters. The summed E-state index contributed by atoms with van der Waals surface area (Å²) in [5.41, 5.74) is 1.73. The number of hydrogen-bond donors (Lipinski definition) is 2. The van der Waals surface area contributed by atoms with Gasteiger partial charge in [0.05, 0.1) is 17.1 Å². The van der Waals surface area contributed by atoms with E-state index in [1.165, 1.54) is 25.7 Å². The number of oxazole rings is 1. The van der Waals surface area contributed by atoms with Crippen LogP contribution in [0.3, 0.4) is 0 Å². The number of hydrogen-bond acceptors (Lipinski definition) is 6. The predicted octanol–water partition coefficient (Wildman–Crippen LogP) is 4.18. The number of rotatable bonds is 6. The van der Waals surface area contributed by atoms with Gasteiger partial charge in [-0.05, 0) is 42.0 Å². The minimum absolute atomic E-state index is 0.237. The maximum absolute atomic E-state index is 12.2. The van der Waals surface area contributed by atoms with Gasteiger partial charge in [0.2, 0.25) is 5.89 Å². The Hall–Kier alpha value is -2.87. The Labute approximate surface area is 174 Å². The van der Waals surface area contributed by atoms with Crippen molar-refractivity contribution >= 4 is 23.2 Å². The normalized spacial score (nSPS) is 14.4. The van der Waals surface area contributed by atoms with Gasteiger partial charge >= 0.3 is 6.03 Å². The van der Waals surface area contributed by atoms with Crippen LogP contribution in [0.5, 0.6) is 0 Å². The van der Waals surface area contributed by atoms with Gasteiger partial charge in [-0.3, -0.25) is 0 Å². The zero-order chi connectivity index (χ0) is 19.9. The van der Waals surface area contributed by atoms with Crippen LogP contribution >= 0.6 is 11.3 Å². The highest BCUT2D eigenvalue weighted by Gasteiger charge is 2.12. The number of pyridine rings is 1. The lowest BCUT2D eigenvalue weighted by atomic mass is 10.2. The molecule has 3 aromatic heterocycles. The summed E-state index contributed by atoms with van der Waals surface area (Å²) in [6.45, 7) is 2.87. The number of carbonyl (C=O) groups excluding carboxylic acids is 1. The van der Waals surface area contributed by atoms with Gasteiger partial charge in [0.1, 0.15) is 12.1 Å². The van der Waals surface area contributed by atoms with E-state index < -0.39 is 0 Å². The number of urea groups is 1. The molecule has 7 nitrogen and oxygen atoms in total. The first-order valence-electron chi connectivity index (χ1n) is 9.98. The molecular formula is C21H25N5O2S. The van der Waals surface area contributed by atoms with Gasteiger partial charge in [0.25, 0.3) is 0 Å². The number of amides is 2. The van der Waals surface area contributed by atoms with Gasteiger partial charge in [-0.1, -0.05) is 18.9 Å². The SMILES string of the molecule is O=C(NCc1ccnc(N2CCCCCC2)c1)NCc1coc(-c2cccs2)n1. The molecule has 2 N–H and O–H groups in total. The summed E-state index contributed by atoms with van der Waals surface area (Å²) in [6.07, 6.45) is 8.39. The van der Waals surface area contributed by atoms with E-state index in [0.29, 0.717) is 24.7 Å². The summed E-state index contributed by atoms with van der Waals surface area (Å²) in [5.74, 6) is 1.57. The van der Waals surface area contributed by atoms with E-state index in [9.17, 15) is 4.79 Å². The molecule has 0 bridgehead atoms. The summed E-state index contributed by atoms with van der Waals surface area (Å²) < 4.78 is 5.47. The van der Waals surface area contributed by atoms with Gasteiger partial charge in [-0.15, -0.1) is 11.3 Å². The van der Waals surface area contributed by atoms with Crippen molar-refractivity contribution in [3.63, 3.8) is 0 Å². The zero-order valence-corrected chi connectivity index (χ0v) is 17.1.